The molecule has 0 aliphatic heterocycles. The first-order valence-electron chi connectivity index (χ1n) is 5.56. The zero-order valence-corrected chi connectivity index (χ0v) is 10.2. The van der Waals surface area contributed by atoms with Crippen molar-refractivity contribution in [1.29, 1.82) is 0 Å². The molecule has 0 aliphatic carbocycles. The van der Waals surface area contributed by atoms with E-state index in [0.717, 1.165) is 12.8 Å². The second kappa shape index (κ2) is 6.45. The molecule has 16 heavy (non-hydrogen) atoms. The number of likely N-dealkylation sites (N-methyl/N-ethyl adjacent to an activating group) is 1. The van der Waals surface area contributed by atoms with Crippen LogP contribution in [0.5, 0.6) is 0 Å². The number of anilines is 1. The van der Waals surface area contributed by atoms with Crippen molar-refractivity contribution in [3.05, 3.63) is 23.9 Å². The number of pyridine rings is 1. The summed E-state index contributed by atoms with van der Waals surface area (Å²) in [7, 11) is 3.71. The fourth-order valence-corrected chi connectivity index (χ4v) is 1.71. The fourth-order valence-electron chi connectivity index (χ4n) is 1.71. The summed E-state index contributed by atoms with van der Waals surface area (Å²) in [6.45, 7) is 2.07. The Morgan fingerprint density at radius 2 is 2.31 bits per heavy atom. The first-order chi connectivity index (χ1) is 7.65. The van der Waals surface area contributed by atoms with Gasteiger partial charge in [-0.1, -0.05) is 0 Å². The van der Waals surface area contributed by atoms with E-state index in [4.69, 9.17) is 10.5 Å². The first-order valence-corrected chi connectivity index (χ1v) is 5.56. The van der Waals surface area contributed by atoms with Crippen molar-refractivity contribution < 1.29 is 4.74 Å². The van der Waals surface area contributed by atoms with Crippen molar-refractivity contribution in [3.63, 3.8) is 0 Å². The highest BCUT2D eigenvalue weighted by atomic mass is 16.5. The van der Waals surface area contributed by atoms with Crippen LogP contribution in [-0.4, -0.2) is 31.3 Å². The maximum Gasteiger partial charge on any atom is 0.123 e. The van der Waals surface area contributed by atoms with Crippen LogP contribution in [0, 0.1) is 0 Å². The Balaban J connectivity index is 2.56. The van der Waals surface area contributed by atoms with Crippen molar-refractivity contribution in [1.82, 2.24) is 10.3 Å². The Labute approximate surface area is 97.2 Å². The highest BCUT2D eigenvalue weighted by molar-refractivity contribution is 5.32. The van der Waals surface area contributed by atoms with Crippen LogP contribution in [-0.2, 0) is 11.2 Å². The lowest BCUT2D eigenvalue weighted by molar-refractivity contribution is 0.101. The highest BCUT2D eigenvalue weighted by Gasteiger charge is 2.11. The van der Waals surface area contributed by atoms with Gasteiger partial charge >= 0.3 is 0 Å². The van der Waals surface area contributed by atoms with Gasteiger partial charge in [-0.15, -0.1) is 0 Å². The molecule has 0 amide bonds. The molecule has 0 saturated carbocycles. The zero-order valence-electron chi connectivity index (χ0n) is 10.2. The van der Waals surface area contributed by atoms with E-state index in [-0.39, 0.29) is 6.10 Å². The Bertz CT molecular complexity index is 317. The third kappa shape index (κ3) is 4.16. The van der Waals surface area contributed by atoms with Gasteiger partial charge in [0, 0.05) is 19.3 Å². The predicted molar refractivity (Wildman–Crippen MR) is 66.3 cm³/mol. The number of nitrogen functional groups attached to an aromatic ring is 1. The lowest BCUT2D eigenvalue weighted by atomic mass is 10.0. The molecule has 0 aliphatic rings. The van der Waals surface area contributed by atoms with Crippen molar-refractivity contribution in [2.75, 3.05) is 19.9 Å². The molecule has 1 rings (SSSR count). The molecule has 0 fully saturated rings. The molecule has 0 bridgehead atoms. The lowest BCUT2D eigenvalue weighted by Gasteiger charge is -2.19. The summed E-state index contributed by atoms with van der Waals surface area (Å²) in [6.07, 6.45) is 3.93. The minimum Gasteiger partial charge on any atom is -0.384 e. The van der Waals surface area contributed by atoms with Crippen LogP contribution in [0.4, 0.5) is 5.82 Å². The van der Waals surface area contributed by atoms with Gasteiger partial charge in [0.15, 0.2) is 0 Å². The van der Waals surface area contributed by atoms with Crippen LogP contribution in [0.2, 0.25) is 0 Å². The summed E-state index contributed by atoms with van der Waals surface area (Å²) < 4.78 is 5.27. The van der Waals surface area contributed by atoms with Crippen LogP contribution in [0.25, 0.3) is 0 Å². The molecule has 0 radical (unpaired) electrons. The number of hydrogen-bond acceptors (Lipinski definition) is 4. The quantitative estimate of drug-likeness (QED) is 0.761. The summed E-state index contributed by atoms with van der Waals surface area (Å²) in [6, 6.07) is 4.32. The molecule has 3 N–H and O–H groups in total. The highest BCUT2D eigenvalue weighted by Crippen LogP contribution is 2.10. The largest absolute Gasteiger partial charge is 0.384 e. The van der Waals surface area contributed by atoms with Gasteiger partial charge in [0.1, 0.15) is 5.82 Å². The van der Waals surface area contributed by atoms with Crippen LogP contribution < -0.4 is 11.1 Å². The van der Waals surface area contributed by atoms with Gasteiger partial charge in [-0.2, -0.15) is 0 Å². The Kier molecular flexibility index (Phi) is 5.22. The van der Waals surface area contributed by atoms with Gasteiger partial charge in [-0.05, 0) is 44.5 Å². The Hall–Kier alpha value is -1.13. The molecule has 0 aromatic carbocycles. The van der Waals surface area contributed by atoms with Gasteiger partial charge in [0.2, 0.25) is 0 Å². The number of hydrogen-bond donors (Lipinski definition) is 2. The van der Waals surface area contributed by atoms with Gasteiger partial charge in [0.05, 0.1) is 6.10 Å². The average Bonchev–Trinajstić information content (AvgIpc) is 2.28. The topological polar surface area (TPSA) is 60.2 Å². The Morgan fingerprint density at radius 1 is 1.56 bits per heavy atom. The molecule has 1 heterocycles. The summed E-state index contributed by atoms with van der Waals surface area (Å²) in [5.74, 6) is 0.576. The molecule has 1 aromatic heterocycles. The minimum atomic E-state index is 0.261. The molecule has 90 valence electrons. The molecule has 0 saturated heterocycles. The lowest BCUT2D eigenvalue weighted by Crippen LogP contribution is -2.31. The van der Waals surface area contributed by atoms with E-state index >= 15 is 0 Å². The third-order valence-electron chi connectivity index (χ3n) is 2.75. The van der Waals surface area contributed by atoms with E-state index in [1.807, 2.05) is 19.2 Å². The number of methoxy groups -OCH3 is 1. The number of aromatic nitrogens is 1. The number of ether oxygens (including phenoxy) is 1. The molecular formula is C12H21N3O. The van der Waals surface area contributed by atoms with Gasteiger partial charge in [0.25, 0.3) is 0 Å². The van der Waals surface area contributed by atoms with Crippen LogP contribution in [0.15, 0.2) is 18.3 Å². The minimum absolute atomic E-state index is 0.261. The fraction of sp³-hybridized carbons (Fsp3) is 0.583. The number of nitrogens with two attached hydrogens (primary N) is 1. The third-order valence-corrected chi connectivity index (χ3v) is 2.75. The predicted octanol–water partition coefficient (Wildman–Crippen LogP) is 1.22. The van der Waals surface area contributed by atoms with Gasteiger partial charge in [-0.3, -0.25) is 0 Å². The van der Waals surface area contributed by atoms with Crippen molar-refractivity contribution >= 4 is 5.82 Å². The first kappa shape index (κ1) is 12.9. The molecule has 1 aromatic rings. The van der Waals surface area contributed by atoms with Crippen LogP contribution >= 0.6 is 0 Å². The molecule has 0 spiro atoms. The van der Waals surface area contributed by atoms with Crippen molar-refractivity contribution in [2.45, 2.75) is 31.9 Å². The number of nitrogens with zero attached hydrogens (tertiary/aromatic N) is 1. The molecule has 4 nitrogen and oxygen atoms in total. The maximum absolute atomic E-state index is 5.65. The SMILES string of the molecule is CNC(Cc1ccnc(N)c1)CC(C)OC. The monoisotopic (exact) mass is 223 g/mol. The summed E-state index contributed by atoms with van der Waals surface area (Å²) in [5, 5.41) is 3.29. The van der Waals surface area contributed by atoms with E-state index in [2.05, 4.69) is 17.2 Å². The molecule has 2 unspecified atom stereocenters. The zero-order chi connectivity index (χ0) is 12.0. The summed E-state index contributed by atoms with van der Waals surface area (Å²) >= 11 is 0. The van der Waals surface area contributed by atoms with Crippen molar-refractivity contribution in [3.8, 4) is 0 Å². The number of rotatable bonds is 6. The molecule has 4 heteroatoms. The van der Waals surface area contributed by atoms with E-state index in [1.165, 1.54) is 5.56 Å². The average molecular weight is 223 g/mol. The van der Waals surface area contributed by atoms with E-state index in [9.17, 15) is 0 Å². The van der Waals surface area contributed by atoms with E-state index in [0.29, 0.717) is 11.9 Å². The standard InChI is InChI=1S/C12H21N3O/c1-9(16-3)6-11(14-2)7-10-4-5-15-12(13)8-10/h4-5,8-9,11,14H,6-7H2,1-3H3,(H2,13,15). The van der Waals surface area contributed by atoms with Gasteiger partial charge < -0.3 is 15.8 Å². The summed E-state index contributed by atoms with van der Waals surface area (Å²) in [5.41, 5.74) is 6.85. The summed E-state index contributed by atoms with van der Waals surface area (Å²) in [4.78, 5) is 3.98. The smallest absolute Gasteiger partial charge is 0.123 e. The Morgan fingerprint density at radius 3 is 2.88 bits per heavy atom. The molecule has 2 atom stereocenters. The van der Waals surface area contributed by atoms with E-state index < -0.39 is 0 Å². The number of nitrogens with one attached hydrogen (secondary N) is 1. The second-order valence-electron chi connectivity index (χ2n) is 4.06. The second-order valence-corrected chi connectivity index (χ2v) is 4.06. The normalized spacial score (nSPS) is 14.7. The van der Waals surface area contributed by atoms with Gasteiger partial charge in [-0.25, -0.2) is 4.98 Å². The van der Waals surface area contributed by atoms with Crippen LogP contribution in [0.3, 0.4) is 0 Å². The molecular weight excluding hydrogens is 202 g/mol. The maximum atomic E-state index is 5.65. The van der Waals surface area contributed by atoms with Crippen molar-refractivity contribution in [2.24, 2.45) is 0 Å². The van der Waals surface area contributed by atoms with E-state index in [1.54, 1.807) is 13.3 Å². The van der Waals surface area contributed by atoms with Crippen LogP contribution in [0.1, 0.15) is 18.9 Å².